The van der Waals surface area contributed by atoms with Crippen LogP contribution in [0.25, 0.3) is 0 Å². The Labute approximate surface area is 443 Å². The first-order valence-corrected chi connectivity index (χ1v) is 31.8. The van der Waals surface area contributed by atoms with Crippen LogP contribution >= 0.6 is 0 Å². The summed E-state index contributed by atoms with van der Waals surface area (Å²) in [5.41, 5.74) is 0. The molecule has 0 spiro atoms. The number of esters is 3. The minimum Gasteiger partial charge on any atom is -0.462 e. The summed E-state index contributed by atoms with van der Waals surface area (Å²) in [6.07, 6.45) is 71.8. The third-order valence-corrected chi connectivity index (χ3v) is 14.4. The maximum atomic E-state index is 12.9. The molecule has 0 aromatic rings. The Morgan fingerprint density at radius 3 is 0.704 bits per heavy atom. The lowest BCUT2D eigenvalue weighted by Gasteiger charge is -2.18. The van der Waals surface area contributed by atoms with Crippen molar-refractivity contribution < 1.29 is 28.6 Å². The van der Waals surface area contributed by atoms with Gasteiger partial charge in [0.1, 0.15) is 13.2 Å². The van der Waals surface area contributed by atoms with Crippen molar-refractivity contribution in [3.63, 3.8) is 0 Å². The molecule has 1 unspecified atom stereocenters. The van der Waals surface area contributed by atoms with Crippen molar-refractivity contribution in [3.8, 4) is 0 Å². The molecule has 0 aliphatic carbocycles. The summed E-state index contributed by atoms with van der Waals surface area (Å²) in [5, 5.41) is 0. The van der Waals surface area contributed by atoms with Gasteiger partial charge in [0.2, 0.25) is 0 Å². The summed E-state index contributed by atoms with van der Waals surface area (Å²) in [6, 6.07) is 0. The highest BCUT2D eigenvalue weighted by Gasteiger charge is 2.19. The third-order valence-electron chi connectivity index (χ3n) is 14.4. The van der Waals surface area contributed by atoms with Crippen LogP contribution in [0.15, 0.2) is 24.3 Å². The van der Waals surface area contributed by atoms with Gasteiger partial charge in [0.05, 0.1) is 0 Å². The zero-order valence-electron chi connectivity index (χ0n) is 48.0. The summed E-state index contributed by atoms with van der Waals surface area (Å²) >= 11 is 0. The summed E-state index contributed by atoms with van der Waals surface area (Å²) in [5.74, 6) is -0.854. The topological polar surface area (TPSA) is 78.9 Å². The molecule has 0 aliphatic rings. The van der Waals surface area contributed by atoms with Crippen LogP contribution in [0.5, 0.6) is 0 Å². The number of ether oxygens (including phenoxy) is 3. The number of carbonyl (C=O) groups is 3. The zero-order valence-corrected chi connectivity index (χ0v) is 48.0. The van der Waals surface area contributed by atoms with Crippen molar-refractivity contribution in [1.82, 2.24) is 0 Å². The van der Waals surface area contributed by atoms with Gasteiger partial charge >= 0.3 is 17.9 Å². The first-order chi connectivity index (χ1) is 35.0. The van der Waals surface area contributed by atoms with Crippen LogP contribution in [0, 0.1) is 0 Å². The number of hydrogen-bond donors (Lipinski definition) is 0. The van der Waals surface area contributed by atoms with Crippen LogP contribution in [-0.2, 0) is 28.6 Å². The van der Waals surface area contributed by atoms with Crippen molar-refractivity contribution in [3.05, 3.63) is 24.3 Å². The van der Waals surface area contributed by atoms with E-state index in [-0.39, 0.29) is 31.1 Å². The number of unbranched alkanes of at least 4 members (excludes halogenated alkanes) is 44. The van der Waals surface area contributed by atoms with E-state index in [1.165, 1.54) is 250 Å². The van der Waals surface area contributed by atoms with Crippen molar-refractivity contribution in [2.45, 2.75) is 361 Å². The Morgan fingerprint density at radius 2 is 0.465 bits per heavy atom. The van der Waals surface area contributed by atoms with E-state index >= 15 is 0 Å². The van der Waals surface area contributed by atoms with Crippen molar-refractivity contribution in [2.24, 2.45) is 0 Å². The Bertz CT molecular complexity index is 1150. The van der Waals surface area contributed by atoms with Gasteiger partial charge in [-0.2, -0.15) is 0 Å². The van der Waals surface area contributed by atoms with Crippen LogP contribution in [0.2, 0.25) is 0 Å². The lowest BCUT2D eigenvalue weighted by Crippen LogP contribution is -2.30. The summed E-state index contributed by atoms with van der Waals surface area (Å²) in [4.78, 5) is 38.3. The maximum absolute atomic E-state index is 12.9. The van der Waals surface area contributed by atoms with E-state index in [9.17, 15) is 14.4 Å². The monoisotopic (exact) mass is 999 g/mol. The van der Waals surface area contributed by atoms with Gasteiger partial charge in [0.25, 0.3) is 0 Å². The molecule has 0 heterocycles. The van der Waals surface area contributed by atoms with Gasteiger partial charge < -0.3 is 14.2 Å². The molecule has 6 heteroatoms. The molecule has 1 atom stereocenters. The second kappa shape index (κ2) is 60.4. The fraction of sp³-hybridized carbons (Fsp3) is 0.892. The number of rotatable bonds is 59. The lowest BCUT2D eigenvalue weighted by atomic mass is 10.0. The van der Waals surface area contributed by atoms with Crippen LogP contribution in [0.4, 0.5) is 0 Å². The van der Waals surface area contributed by atoms with Crippen molar-refractivity contribution in [1.29, 1.82) is 0 Å². The van der Waals surface area contributed by atoms with Crippen molar-refractivity contribution in [2.75, 3.05) is 13.2 Å². The Balaban J connectivity index is 4.27. The van der Waals surface area contributed by atoms with Crippen LogP contribution in [0.3, 0.4) is 0 Å². The fourth-order valence-corrected chi connectivity index (χ4v) is 9.61. The zero-order chi connectivity index (χ0) is 51.4. The fourth-order valence-electron chi connectivity index (χ4n) is 9.61. The quantitative estimate of drug-likeness (QED) is 0.0261. The average Bonchev–Trinajstić information content (AvgIpc) is 3.37. The SMILES string of the molecule is CCCCCCCC/C=C\CCCCCCCC(=O)OC(COC(=O)CCCCCCCCCCCCC/C=C\CCCCCCCCCC)COC(=O)CCCCCCCCCCCCCCCCC. The van der Waals surface area contributed by atoms with E-state index < -0.39 is 6.10 Å². The Morgan fingerprint density at radius 1 is 0.268 bits per heavy atom. The number of allylic oxidation sites excluding steroid dienone is 4. The molecule has 6 nitrogen and oxygen atoms in total. The molecule has 0 saturated heterocycles. The molecule has 0 bridgehead atoms. The molecule has 0 rings (SSSR count). The molecule has 418 valence electrons. The van der Waals surface area contributed by atoms with Crippen molar-refractivity contribution >= 4 is 17.9 Å². The minimum atomic E-state index is -0.772. The molecule has 0 aromatic carbocycles. The first kappa shape index (κ1) is 68.9. The van der Waals surface area contributed by atoms with Crippen LogP contribution in [-0.4, -0.2) is 37.2 Å². The molecular weight excluding hydrogens is 877 g/mol. The molecule has 0 amide bonds. The summed E-state index contributed by atoms with van der Waals surface area (Å²) in [7, 11) is 0. The third kappa shape index (κ3) is 58.7. The van der Waals surface area contributed by atoms with E-state index in [1.54, 1.807) is 0 Å². The molecule has 0 aromatic heterocycles. The van der Waals surface area contributed by atoms with E-state index in [2.05, 4.69) is 45.1 Å². The highest BCUT2D eigenvalue weighted by molar-refractivity contribution is 5.71. The second-order valence-electron chi connectivity index (χ2n) is 21.7. The van der Waals surface area contributed by atoms with E-state index in [0.29, 0.717) is 19.3 Å². The van der Waals surface area contributed by atoms with Gasteiger partial charge in [-0.05, 0) is 70.6 Å². The predicted molar refractivity (Wildman–Crippen MR) is 307 cm³/mol. The average molecular weight is 1000 g/mol. The number of hydrogen-bond acceptors (Lipinski definition) is 6. The van der Waals surface area contributed by atoms with E-state index in [1.807, 2.05) is 0 Å². The largest absolute Gasteiger partial charge is 0.462 e. The molecule has 0 fully saturated rings. The smallest absolute Gasteiger partial charge is 0.306 e. The van der Waals surface area contributed by atoms with Gasteiger partial charge in [-0.15, -0.1) is 0 Å². The highest BCUT2D eigenvalue weighted by Crippen LogP contribution is 2.17. The normalized spacial score (nSPS) is 12.1. The minimum absolute atomic E-state index is 0.0697. The van der Waals surface area contributed by atoms with Crippen LogP contribution in [0.1, 0.15) is 355 Å². The summed E-state index contributed by atoms with van der Waals surface area (Å²) in [6.45, 7) is 6.69. The second-order valence-corrected chi connectivity index (χ2v) is 21.7. The standard InChI is InChI=1S/C65H122O6/c1-4-7-10-13-16-19-22-25-28-29-30-31-32-33-34-35-38-40-43-46-49-52-55-58-64(67)70-61-62(71-65(68)59-56-53-50-47-44-41-37-27-24-21-18-15-12-9-6-3)60-69-63(66)57-54-51-48-45-42-39-36-26-23-20-17-14-11-8-5-2/h27,29-30,37,62H,4-26,28,31-36,38-61H2,1-3H3/b30-29-,37-27-. The molecular formula is C65H122O6. The Kier molecular flexibility index (Phi) is 58.6. The summed E-state index contributed by atoms with van der Waals surface area (Å²) < 4.78 is 16.9. The molecule has 0 N–H and O–H groups in total. The molecule has 0 saturated carbocycles. The molecule has 71 heavy (non-hydrogen) atoms. The van der Waals surface area contributed by atoms with Gasteiger partial charge in [0, 0.05) is 19.3 Å². The maximum Gasteiger partial charge on any atom is 0.306 e. The van der Waals surface area contributed by atoms with E-state index in [0.717, 1.165) is 64.2 Å². The van der Waals surface area contributed by atoms with Crippen LogP contribution < -0.4 is 0 Å². The van der Waals surface area contributed by atoms with E-state index in [4.69, 9.17) is 14.2 Å². The van der Waals surface area contributed by atoms with Gasteiger partial charge in [-0.25, -0.2) is 0 Å². The number of carbonyl (C=O) groups excluding carboxylic acids is 3. The highest BCUT2D eigenvalue weighted by atomic mass is 16.6. The lowest BCUT2D eigenvalue weighted by molar-refractivity contribution is -0.167. The predicted octanol–water partition coefficient (Wildman–Crippen LogP) is 21.4. The van der Waals surface area contributed by atoms with Gasteiger partial charge in [-0.1, -0.05) is 289 Å². The van der Waals surface area contributed by atoms with Gasteiger partial charge in [-0.3, -0.25) is 14.4 Å². The van der Waals surface area contributed by atoms with Gasteiger partial charge in [0.15, 0.2) is 6.10 Å². The molecule has 0 radical (unpaired) electrons. The molecule has 0 aliphatic heterocycles. The Hall–Kier alpha value is -2.11. The first-order valence-electron chi connectivity index (χ1n) is 31.8.